The number of aliphatic hydroxyl groups is 1. The molecule has 0 spiro atoms. The Hall–Kier alpha value is -0.520. The van der Waals surface area contributed by atoms with Gasteiger partial charge in [0.15, 0.2) is 6.29 Å². The van der Waals surface area contributed by atoms with Crippen LogP contribution in [0.3, 0.4) is 0 Å². The van der Waals surface area contributed by atoms with Gasteiger partial charge in [-0.1, -0.05) is 19.3 Å². The van der Waals surface area contributed by atoms with Crippen LogP contribution in [0.1, 0.15) is 26.2 Å². The fourth-order valence-electron chi connectivity index (χ4n) is 0.606. The summed E-state index contributed by atoms with van der Waals surface area (Å²) in [5.41, 5.74) is 0. The summed E-state index contributed by atoms with van der Waals surface area (Å²) in [4.78, 5) is 0. The van der Waals surface area contributed by atoms with Crippen molar-refractivity contribution in [2.45, 2.75) is 32.5 Å². The van der Waals surface area contributed by atoms with Crippen LogP contribution in [0.4, 0.5) is 0 Å². The molecular formula is C8H14O2. The molecule has 0 aromatic rings. The molecule has 1 N–H and O–H groups in total. The molecule has 58 valence electrons. The minimum absolute atomic E-state index is 0.199. The van der Waals surface area contributed by atoms with Crippen LogP contribution in [0.25, 0.3) is 0 Å². The van der Waals surface area contributed by atoms with Crippen LogP contribution in [0, 0.1) is 12.3 Å². The first kappa shape index (κ1) is 9.48. The van der Waals surface area contributed by atoms with E-state index in [1.54, 1.807) is 0 Å². The third-order valence-corrected chi connectivity index (χ3v) is 1.16. The highest BCUT2D eigenvalue weighted by atomic mass is 16.6. The van der Waals surface area contributed by atoms with E-state index in [0.29, 0.717) is 6.42 Å². The molecule has 0 aromatic heterocycles. The van der Waals surface area contributed by atoms with E-state index in [0.717, 1.165) is 12.8 Å². The molecule has 10 heavy (non-hydrogen) atoms. The fraction of sp³-hybridized carbons (Fsp3) is 0.750. The van der Waals surface area contributed by atoms with Gasteiger partial charge in [-0.2, -0.15) is 0 Å². The van der Waals surface area contributed by atoms with Gasteiger partial charge in [-0.25, -0.2) is 0 Å². The average molecular weight is 142 g/mol. The molecule has 0 aliphatic carbocycles. The molecule has 0 saturated heterocycles. The molecule has 0 aromatic carbocycles. The predicted molar refractivity (Wildman–Crippen MR) is 40.3 cm³/mol. The molecule has 0 rings (SSSR count). The predicted octanol–water partition coefficient (Wildman–Crippen LogP) is 1.14. The molecule has 0 saturated carbocycles. The van der Waals surface area contributed by atoms with E-state index in [9.17, 15) is 0 Å². The van der Waals surface area contributed by atoms with Gasteiger partial charge in [-0.05, 0) is 12.8 Å². The topological polar surface area (TPSA) is 29.5 Å². The highest BCUT2D eigenvalue weighted by Crippen LogP contribution is 2.00. The molecule has 2 heteroatoms. The van der Waals surface area contributed by atoms with Crippen molar-refractivity contribution in [1.82, 2.24) is 0 Å². The summed E-state index contributed by atoms with van der Waals surface area (Å²) in [5, 5.41) is 8.99. The summed E-state index contributed by atoms with van der Waals surface area (Å²) in [6, 6.07) is 0. The summed E-state index contributed by atoms with van der Waals surface area (Å²) in [6.45, 7) is 2.26. The summed E-state index contributed by atoms with van der Waals surface area (Å²) in [5.74, 6) is 2.29. The maximum atomic E-state index is 8.99. The molecule has 0 fully saturated rings. The van der Waals surface area contributed by atoms with Gasteiger partial charge in [0.05, 0.1) is 0 Å². The monoisotopic (exact) mass is 142 g/mol. The second kappa shape index (κ2) is 6.60. The Morgan fingerprint density at radius 2 is 2.40 bits per heavy atom. The van der Waals surface area contributed by atoms with Gasteiger partial charge in [0, 0.05) is 0 Å². The number of rotatable bonds is 5. The quantitative estimate of drug-likeness (QED) is 0.461. The lowest BCUT2D eigenvalue weighted by Crippen LogP contribution is -2.11. The lowest BCUT2D eigenvalue weighted by Gasteiger charge is -2.07. The van der Waals surface area contributed by atoms with Crippen LogP contribution in [0.15, 0.2) is 0 Å². The van der Waals surface area contributed by atoms with Crippen LogP contribution in [-0.4, -0.2) is 18.0 Å². The number of terminal acetylenes is 1. The molecule has 0 heterocycles. The Labute approximate surface area is 62.2 Å². The van der Waals surface area contributed by atoms with Gasteiger partial charge in [0.25, 0.3) is 0 Å². The molecule has 0 aliphatic rings. The van der Waals surface area contributed by atoms with Gasteiger partial charge in [0.2, 0.25) is 0 Å². The zero-order valence-corrected chi connectivity index (χ0v) is 6.34. The van der Waals surface area contributed by atoms with Gasteiger partial charge < -0.3 is 9.84 Å². The lowest BCUT2D eigenvalue weighted by atomic mass is 10.2. The van der Waals surface area contributed by atoms with E-state index >= 15 is 0 Å². The highest BCUT2D eigenvalue weighted by Gasteiger charge is 1.99. The maximum Gasteiger partial charge on any atom is 0.155 e. The Bertz CT molecular complexity index is 104. The van der Waals surface area contributed by atoms with Gasteiger partial charge in [-0.15, -0.1) is 6.42 Å². The Balaban J connectivity index is 3.10. The van der Waals surface area contributed by atoms with Crippen molar-refractivity contribution < 1.29 is 9.84 Å². The van der Waals surface area contributed by atoms with Crippen molar-refractivity contribution in [2.75, 3.05) is 6.61 Å². The van der Waals surface area contributed by atoms with Crippen LogP contribution in [-0.2, 0) is 4.74 Å². The van der Waals surface area contributed by atoms with Crippen molar-refractivity contribution in [1.29, 1.82) is 0 Å². The molecule has 0 radical (unpaired) electrons. The van der Waals surface area contributed by atoms with E-state index in [1.165, 1.54) is 0 Å². The van der Waals surface area contributed by atoms with Crippen LogP contribution < -0.4 is 0 Å². The molecule has 0 amide bonds. The zero-order chi connectivity index (χ0) is 7.82. The first-order valence-electron chi connectivity index (χ1n) is 3.54. The van der Waals surface area contributed by atoms with E-state index in [2.05, 4.69) is 12.8 Å². The second-order valence-electron chi connectivity index (χ2n) is 2.11. The zero-order valence-electron chi connectivity index (χ0n) is 6.34. The Morgan fingerprint density at radius 1 is 1.70 bits per heavy atom. The normalized spacial score (nSPS) is 12.5. The lowest BCUT2D eigenvalue weighted by molar-refractivity contribution is -0.0918. The molecule has 1 atom stereocenters. The van der Waals surface area contributed by atoms with Gasteiger partial charge >= 0.3 is 0 Å². The average Bonchev–Trinajstić information content (AvgIpc) is 1.97. The van der Waals surface area contributed by atoms with Crippen LogP contribution in [0.2, 0.25) is 0 Å². The highest BCUT2D eigenvalue weighted by molar-refractivity contribution is 4.82. The van der Waals surface area contributed by atoms with Crippen molar-refractivity contribution in [2.24, 2.45) is 0 Å². The number of unbranched alkanes of at least 4 members (excludes halogenated alkanes) is 1. The van der Waals surface area contributed by atoms with Crippen molar-refractivity contribution in [3.05, 3.63) is 0 Å². The van der Waals surface area contributed by atoms with E-state index in [-0.39, 0.29) is 6.61 Å². The van der Waals surface area contributed by atoms with Crippen LogP contribution >= 0.6 is 0 Å². The van der Waals surface area contributed by atoms with Gasteiger partial charge in [-0.3, -0.25) is 0 Å². The standard InChI is InChI=1S/C8H14O2/c1-3-5-6-8(9)10-7-4-2/h2,8-9H,3,5-7H2,1H3. The van der Waals surface area contributed by atoms with Crippen molar-refractivity contribution in [3.8, 4) is 12.3 Å². The second-order valence-corrected chi connectivity index (χ2v) is 2.11. The molecule has 0 aliphatic heterocycles. The fourth-order valence-corrected chi connectivity index (χ4v) is 0.606. The van der Waals surface area contributed by atoms with E-state index < -0.39 is 6.29 Å². The minimum Gasteiger partial charge on any atom is -0.368 e. The Kier molecular flexibility index (Phi) is 6.25. The number of hydrogen-bond acceptors (Lipinski definition) is 2. The van der Waals surface area contributed by atoms with E-state index in [4.69, 9.17) is 16.3 Å². The molecular weight excluding hydrogens is 128 g/mol. The minimum atomic E-state index is -0.670. The summed E-state index contributed by atoms with van der Waals surface area (Å²) < 4.78 is 4.81. The largest absolute Gasteiger partial charge is 0.368 e. The van der Waals surface area contributed by atoms with Gasteiger partial charge in [0.1, 0.15) is 6.61 Å². The van der Waals surface area contributed by atoms with E-state index in [1.807, 2.05) is 0 Å². The summed E-state index contributed by atoms with van der Waals surface area (Å²) >= 11 is 0. The maximum absolute atomic E-state index is 8.99. The summed E-state index contributed by atoms with van der Waals surface area (Å²) in [6.07, 6.45) is 6.97. The smallest absolute Gasteiger partial charge is 0.155 e. The number of aliphatic hydroxyl groups excluding tert-OH is 1. The third-order valence-electron chi connectivity index (χ3n) is 1.16. The first-order chi connectivity index (χ1) is 4.81. The van der Waals surface area contributed by atoms with Crippen molar-refractivity contribution in [3.63, 3.8) is 0 Å². The number of hydrogen-bond donors (Lipinski definition) is 1. The molecule has 0 bridgehead atoms. The molecule has 2 nitrogen and oxygen atoms in total. The summed E-state index contributed by atoms with van der Waals surface area (Å²) in [7, 11) is 0. The first-order valence-corrected chi connectivity index (χ1v) is 3.54. The van der Waals surface area contributed by atoms with Crippen molar-refractivity contribution >= 4 is 0 Å². The SMILES string of the molecule is C#CCOC(O)CCCC. The van der Waals surface area contributed by atoms with Crippen LogP contribution in [0.5, 0.6) is 0 Å². The number of ether oxygens (including phenoxy) is 1. The third kappa shape index (κ3) is 5.61. The molecule has 1 unspecified atom stereocenters. The Morgan fingerprint density at radius 3 is 2.90 bits per heavy atom.